The van der Waals surface area contributed by atoms with Crippen molar-refractivity contribution in [3.63, 3.8) is 0 Å². The molecule has 5 heteroatoms. The van der Waals surface area contributed by atoms with Gasteiger partial charge in [-0.25, -0.2) is 0 Å². The van der Waals surface area contributed by atoms with Crippen LogP contribution in [0.1, 0.15) is 30.9 Å². The van der Waals surface area contributed by atoms with E-state index in [2.05, 4.69) is 41.2 Å². The number of amides is 1. The minimum absolute atomic E-state index is 0.0103. The van der Waals surface area contributed by atoms with Crippen molar-refractivity contribution in [3.8, 4) is 11.5 Å². The van der Waals surface area contributed by atoms with Crippen molar-refractivity contribution in [3.05, 3.63) is 58.1 Å². The van der Waals surface area contributed by atoms with E-state index in [1.54, 1.807) is 0 Å². The Bertz CT molecular complexity index is 716. The Kier molecular flexibility index (Phi) is 7.31. The summed E-state index contributed by atoms with van der Waals surface area (Å²) in [6, 6.07) is 13.6. The molecule has 0 radical (unpaired) electrons. The first-order chi connectivity index (χ1) is 12.0. The number of rotatable bonds is 8. The summed E-state index contributed by atoms with van der Waals surface area (Å²) in [7, 11) is 0. The summed E-state index contributed by atoms with van der Waals surface area (Å²) in [4.78, 5) is 11.9. The second kappa shape index (κ2) is 9.47. The monoisotopic (exact) mass is 405 g/mol. The summed E-state index contributed by atoms with van der Waals surface area (Å²) >= 11 is 3.44. The van der Waals surface area contributed by atoms with Crippen molar-refractivity contribution in [2.75, 3.05) is 19.8 Å². The second-order valence-corrected chi connectivity index (χ2v) is 6.94. The molecule has 0 aliphatic heterocycles. The molecule has 2 aromatic carbocycles. The molecule has 0 spiro atoms. The summed E-state index contributed by atoms with van der Waals surface area (Å²) < 4.78 is 12.3. The molecule has 25 heavy (non-hydrogen) atoms. The van der Waals surface area contributed by atoms with E-state index in [0.29, 0.717) is 24.8 Å². The molecule has 0 saturated carbocycles. The number of aryl methyl sites for hydroxylation is 1. The fraction of sp³-hybridized carbons (Fsp3) is 0.350. The highest BCUT2D eigenvalue weighted by Crippen LogP contribution is 2.25. The van der Waals surface area contributed by atoms with E-state index < -0.39 is 0 Å². The SMILES string of the molecule is Cc1cc(OCC(=O)NCCOc2ccccc2C(C)C)ccc1Br. The van der Waals surface area contributed by atoms with Crippen LogP contribution in [0.3, 0.4) is 0 Å². The second-order valence-electron chi connectivity index (χ2n) is 6.09. The third-order valence-corrected chi connectivity index (χ3v) is 4.61. The molecule has 0 atom stereocenters. The van der Waals surface area contributed by atoms with Gasteiger partial charge in [0.25, 0.3) is 5.91 Å². The van der Waals surface area contributed by atoms with Crippen LogP contribution in [0.15, 0.2) is 46.9 Å². The number of hydrogen-bond acceptors (Lipinski definition) is 3. The van der Waals surface area contributed by atoms with Gasteiger partial charge in [-0.15, -0.1) is 0 Å². The molecule has 0 fully saturated rings. The van der Waals surface area contributed by atoms with Crippen LogP contribution in [0, 0.1) is 6.92 Å². The van der Waals surface area contributed by atoms with Crippen LogP contribution >= 0.6 is 15.9 Å². The zero-order chi connectivity index (χ0) is 18.2. The van der Waals surface area contributed by atoms with Crippen molar-refractivity contribution >= 4 is 21.8 Å². The molecule has 1 amide bonds. The molecule has 2 aromatic rings. The molecule has 134 valence electrons. The summed E-state index contributed by atoms with van der Waals surface area (Å²) in [6.45, 7) is 7.09. The Balaban J connectivity index is 1.71. The highest BCUT2D eigenvalue weighted by molar-refractivity contribution is 9.10. The maximum atomic E-state index is 11.9. The predicted octanol–water partition coefficient (Wildman–Crippen LogP) is 4.45. The lowest BCUT2D eigenvalue weighted by molar-refractivity contribution is -0.123. The molecule has 0 unspecified atom stereocenters. The molecule has 0 aliphatic rings. The standard InChI is InChI=1S/C20H24BrNO3/c1-14(2)17-6-4-5-7-19(17)24-11-10-22-20(23)13-25-16-8-9-18(21)15(3)12-16/h4-9,12,14H,10-11,13H2,1-3H3,(H,22,23). The Hall–Kier alpha value is -2.01. The van der Waals surface area contributed by atoms with E-state index in [1.807, 2.05) is 43.3 Å². The first-order valence-electron chi connectivity index (χ1n) is 8.34. The van der Waals surface area contributed by atoms with Gasteiger partial charge in [0.2, 0.25) is 0 Å². The number of carbonyl (C=O) groups is 1. The van der Waals surface area contributed by atoms with Crippen LogP contribution < -0.4 is 14.8 Å². The number of nitrogens with one attached hydrogen (secondary N) is 1. The van der Waals surface area contributed by atoms with Gasteiger partial charge < -0.3 is 14.8 Å². The van der Waals surface area contributed by atoms with Gasteiger partial charge in [-0.3, -0.25) is 4.79 Å². The van der Waals surface area contributed by atoms with E-state index in [9.17, 15) is 4.79 Å². The summed E-state index contributed by atoms with van der Waals surface area (Å²) in [5.41, 5.74) is 2.23. The highest BCUT2D eigenvalue weighted by Gasteiger charge is 2.07. The van der Waals surface area contributed by atoms with E-state index >= 15 is 0 Å². The maximum absolute atomic E-state index is 11.9. The lowest BCUT2D eigenvalue weighted by Crippen LogP contribution is -2.32. The molecule has 2 rings (SSSR count). The fourth-order valence-corrected chi connectivity index (χ4v) is 2.59. The number of hydrogen-bond donors (Lipinski definition) is 1. The van der Waals surface area contributed by atoms with Crippen LogP contribution in [0.25, 0.3) is 0 Å². The number of benzene rings is 2. The number of carbonyl (C=O) groups excluding carboxylic acids is 1. The van der Waals surface area contributed by atoms with Gasteiger partial charge in [-0.2, -0.15) is 0 Å². The van der Waals surface area contributed by atoms with Crippen molar-refractivity contribution in [2.45, 2.75) is 26.7 Å². The number of halogens is 1. The van der Waals surface area contributed by atoms with Gasteiger partial charge in [0.1, 0.15) is 18.1 Å². The Morgan fingerprint density at radius 1 is 1.16 bits per heavy atom. The minimum atomic E-state index is -0.165. The predicted molar refractivity (Wildman–Crippen MR) is 103 cm³/mol. The molecule has 1 N–H and O–H groups in total. The Labute approximate surface area is 157 Å². The van der Waals surface area contributed by atoms with E-state index in [1.165, 1.54) is 5.56 Å². The topological polar surface area (TPSA) is 47.6 Å². The summed E-state index contributed by atoms with van der Waals surface area (Å²) in [5.74, 6) is 1.78. The lowest BCUT2D eigenvalue weighted by atomic mass is 10.0. The molecule has 0 aromatic heterocycles. The highest BCUT2D eigenvalue weighted by atomic mass is 79.9. The normalized spacial score (nSPS) is 10.6. The van der Waals surface area contributed by atoms with Gasteiger partial charge in [0.05, 0.1) is 6.54 Å². The molecular weight excluding hydrogens is 382 g/mol. The molecule has 4 nitrogen and oxygen atoms in total. The first-order valence-corrected chi connectivity index (χ1v) is 9.14. The van der Waals surface area contributed by atoms with Crippen LogP contribution in [0.5, 0.6) is 11.5 Å². The van der Waals surface area contributed by atoms with Crippen molar-refractivity contribution in [2.24, 2.45) is 0 Å². The number of ether oxygens (including phenoxy) is 2. The Morgan fingerprint density at radius 2 is 1.92 bits per heavy atom. The average Bonchev–Trinajstić information content (AvgIpc) is 2.60. The molecule has 0 aliphatic carbocycles. The van der Waals surface area contributed by atoms with Gasteiger partial charge in [0.15, 0.2) is 6.61 Å². The quantitative estimate of drug-likeness (QED) is 0.659. The van der Waals surface area contributed by atoms with Crippen molar-refractivity contribution in [1.29, 1.82) is 0 Å². The number of para-hydroxylation sites is 1. The minimum Gasteiger partial charge on any atom is -0.491 e. The fourth-order valence-electron chi connectivity index (χ4n) is 2.35. The largest absolute Gasteiger partial charge is 0.491 e. The lowest BCUT2D eigenvalue weighted by Gasteiger charge is -2.14. The van der Waals surface area contributed by atoms with Crippen LogP contribution in [-0.4, -0.2) is 25.7 Å². The Morgan fingerprint density at radius 3 is 2.64 bits per heavy atom. The maximum Gasteiger partial charge on any atom is 0.258 e. The molecule has 0 bridgehead atoms. The third-order valence-electron chi connectivity index (χ3n) is 3.72. The molecule has 0 heterocycles. The van der Waals surface area contributed by atoms with Gasteiger partial charge in [-0.05, 0) is 48.2 Å². The van der Waals surface area contributed by atoms with Gasteiger partial charge >= 0.3 is 0 Å². The average molecular weight is 406 g/mol. The first kappa shape index (κ1) is 19.3. The zero-order valence-corrected chi connectivity index (χ0v) is 16.4. The van der Waals surface area contributed by atoms with Gasteiger partial charge in [0, 0.05) is 4.47 Å². The summed E-state index contributed by atoms with van der Waals surface area (Å²) in [5, 5.41) is 2.80. The smallest absolute Gasteiger partial charge is 0.258 e. The van der Waals surface area contributed by atoms with Crippen LogP contribution in [-0.2, 0) is 4.79 Å². The molecule has 0 saturated heterocycles. The van der Waals surface area contributed by atoms with E-state index in [-0.39, 0.29) is 12.5 Å². The van der Waals surface area contributed by atoms with Gasteiger partial charge in [-0.1, -0.05) is 48.0 Å². The zero-order valence-electron chi connectivity index (χ0n) is 14.8. The van der Waals surface area contributed by atoms with Crippen molar-refractivity contribution in [1.82, 2.24) is 5.32 Å². The molecular formula is C20H24BrNO3. The summed E-state index contributed by atoms with van der Waals surface area (Å²) in [6.07, 6.45) is 0. The van der Waals surface area contributed by atoms with Crippen LogP contribution in [0.2, 0.25) is 0 Å². The van der Waals surface area contributed by atoms with Crippen LogP contribution in [0.4, 0.5) is 0 Å². The third kappa shape index (κ3) is 6.09. The van der Waals surface area contributed by atoms with Crippen molar-refractivity contribution < 1.29 is 14.3 Å². The van der Waals surface area contributed by atoms with E-state index in [0.717, 1.165) is 15.8 Å². The van der Waals surface area contributed by atoms with E-state index in [4.69, 9.17) is 9.47 Å².